The Morgan fingerprint density at radius 1 is 1.28 bits per heavy atom. The van der Waals surface area contributed by atoms with Crippen LogP contribution in [0.4, 0.5) is 4.39 Å². The Morgan fingerprint density at radius 2 is 2.06 bits per heavy atom. The fraction of sp³-hybridized carbons (Fsp3) is 0.231. The molecule has 1 heterocycles. The Labute approximate surface area is 104 Å². The topological polar surface area (TPSA) is 55.2 Å². The highest BCUT2D eigenvalue weighted by molar-refractivity contribution is 5.38. The van der Waals surface area contributed by atoms with Crippen LogP contribution in [-0.4, -0.2) is 22.2 Å². The summed E-state index contributed by atoms with van der Waals surface area (Å²) in [5.41, 5.74) is 1.43. The van der Waals surface area contributed by atoms with Gasteiger partial charge in [0.15, 0.2) is 0 Å². The van der Waals surface area contributed by atoms with Crippen molar-refractivity contribution in [3.63, 3.8) is 0 Å². The molecule has 0 spiro atoms. The summed E-state index contributed by atoms with van der Waals surface area (Å²) in [5.74, 6) is -0.0313. The summed E-state index contributed by atoms with van der Waals surface area (Å²) in [7, 11) is 1.46. The average Bonchev–Trinajstić information content (AvgIpc) is 2.39. The highest BCUT2D eigenvalue weighted by atomic mass is 19.1. The number of hydrogen-bond acceptors (Lipinski definition) is 4. The van der Waals surface area contributed by atoms with E-state index in [1.807, 2.05) is 0 Å². The van der Waals surface area contributed by atoms with Crippen molar-refractivity contribution >= 4 is 0 Å². The van der Waals surface area contributed by atoms with Crippen molar-refractivity contribution in [1.29, 1.82) is 0 Å². The van der Waals surface area contributed by atoms with Gasteiger partial charge in [0.1, 0.15) is 17.7 Å². The van der Waals surface area contributed by atoms with E-state index < -0.39 is 11.9 Å². The number of methoxy groups -OCH3 is 1. The van der Waals surface area contributed by atoms with Gasteiger partial charge in [-0.15, -0.1) is 0 Å². The first-order chi connectivity index (χ1) is 8.61. The average molecular weight is 248 g/mol. The molecule has 94 valence electrons. The van der Waals surface area contributed by atoms with E-state index in [2.05, 4.69) is 9.97 Å². The van der Waals surface area contributed by atoms with E-state index in [1.54, 1.807) is 13.1 Å². The quantitative estimate of drug-likeness (QED) is 0.902. The van der Waals surface area contributed by atoms with Crippen LogP contribution in [0, 0.1) is 12.7 Å². The molecular weight excluding hydrogens is 235 g/mol. The van der Waals surface area contributed by atoms with Gasteiger partial charge in [-0.2, -0.15) is 0 Å². The second-order valence-corrected chi connectivity index (χ2v) is 3.87. The molecule has 0 saturated carbocycles. The third-order valence-corrected chi connectivity index (χ3v) is 2.57. The third kappa shape index (κ3) is 2.46. The molecule has 0 saturated heterocycles. The third-order valence-electron chi connectivity index (χ3n) is 2.57. The van der Waals surface area contributed by atoms with Gasteiger partial charge in [-0.25, -0.2) is 4.39 Å². The van der Waals surface area contributed by atoms with E-state index in [1.165, 1.54) is 31.5 Å². The largest absolute Gasteiger partial charge is 0.496 e. The van der Waals surface area contributed by atoms with E-state index >= 15 is 0 Å². The zero-order valence-corrected chi connectivity index (χ0v) is 10.1. The van der Waals surface area contributed by atoms with Gasteiger partial charge in [0.25, 0.3) is 0 Å². The van der Waals surface area contributed by atoms with Crippen molar-refractivity contribution in [1.82, 2.24) is 9.97 Å². The molecule has 0 bridgehead atoms. The predicted molar refractivity (Wildman–Crippen MR) is 63.8 cm³/mol. The number of aromatic nitrogens is 2. The molecule has 1 aromatic carbocycles. The van der Waals surface area contributed by atoms with Gasteiger partial charge in [-0.1, -0.05) is 0 Å². The molecule has 0 aliphatic heterocycles. The molecule has 0 amide bonds. The van der Waals surface area contributed by atoms with Crippen LogP contribution < -0.4 is 4.74 Å². The summed E-state index contributed by atoms with van der Waals surface area (Å²) in [6.45, 7) is 1.80. The molecule has 0 aliphatic carbocycles. The number of ether oxygens (including phenoxy) is 1. The second-order valence-electron chi connectivity index (χ2n) is 3.87. The molecule has 18 heavy (non-hydrogen) atoms. The lowest BCUT2D eigenvalue weighted by atomic mass is 10.1. The number of rotatable bonds is 3. The predicted octanol–water partition coefficient (Wildman–Crippen LogP) is 2.01. The number of aliphatic hydroxyl groups is 1. The van der Waals surface area contributed by atoms with Crippen molar-refractivity contribution in [2.24, 2.45) is 0 Å². The highest BCUT2D eigenvalue weighted by Gasteiger charge is 2.17. The summed E-state index contributed by atoms with van der Waals surface area (Å²) in [5, 5.41) is 10.2. The number of aryl methyl sites for hydroxylation is 1. The number of nitrogens with zero attached hydrogens (tertiary/aromatic N) is 2. The molecule has 1 unspecified atom stereocenters. The van der Waals surface area contributed by atoms with Gasteiger partial charge < -0.3 is 9.84 Å². The maximum Gasteiger partial charge on any atom is 0.126 e. The lowest BCUT2D eigenvalue weighted by molar-refractivity contribution is 0.209. The normalized spacial score (nSPS) is 12.2. The van der Waals surface area contributed by atoms with E-state index in [0.717, 1.165) is 5.69 Å². The Kier molecular flexibility index (Phi) is 3.53. The number of benzene rings is 1. The molecule has 5 heteroatoms. The molecule has 0 aliphatic rings. The zero-order chi connectivity index (χ0) is 13.1. The standard InChI is InChI=1S/C13H13FN2O2/c1-8-6-16-11(7-15-8)13(17)10-5-9(14)3-4-12(10)18-2/h3-7,13,17H,1-2H3. The van der Waals surface area contributed by atoms with Crippen molar-refractivity contribution in [2.45, 2.75) is 13.0 Å². The number of halogens is 1. The Hall–Kier alpha value is -2.01. The lowest BCUT2D eigenvalue weighted by Gasteiger charge is -2.14. The van der Waals surface area contributed by atoms with Crippen LogP contribution in [0.25, 0.3) is 0 Å². The van der Waals surface area contributed by atoms with Gasteiger partial charge >= 0.3 is 0 Å². The molecule has 0 fully saturated rings. The molecule has 0 radical (unpaired) electrons. The molecule has 2 rings (SSSR count). The van der Waals surface area contributed by atoms with Crippen LogP contribution in [0.5, 0.6) is 5.75 Å². The van der Waals surface area contributed by atoms with Gasteiger partial charge in [0.05, 0.1) is 24.7 Å². The Bertz CT molecular complexity index is 543. The summed E-state index contributed by atoms with van der Waals surface area (Å²) >= 11 is 0. The Balaban J connectivity index is 2.41. The molecule has 4 nitrogen and oxygen atoms in total. The second kappa shape index (κ2) is 5.10. The zero-order valence-electron chi connectivity index (χ0n) is 10.1. The van der Waals surface area contributed by atoms with Crippen LogP contribution in [0.1, 0.15) is 23.1 Å². The van der Waals surface area contributed by atoms with Crippen molar-refractivity contribution in [2.75, 3.05) is 7.11 Å². The molecule has 2 aromatic rings. The molecule has 1 atom stereocenters. The van der Waals surface area contributed by atoms with Gasteiger partial charge in [0.2, 0.25) is 0 Å². The van der Waals surface area contributed by atoms with Gasteiger partial charge in [0, 0.05) is 11.8 Å². The van der Waals surface area contributed by atoms with Crippen LogP contribution in [-0.2, 0) is 0 Å². The van der Waals surface area contributed by atoms with Gasteiger partial charge in [-0.05, 0) is 25.1 Å². The van der Waals surface area contributed by atoms with Gasteiger partial charge in [-0.3, -0.25) is 9.97 Å². The fourth-order valence-electron chi connectivity index (χ4n) is 1.62. The first-order valence-corrected chi connectivity index (χ1v) is 5.42. The van der Waals surface area contributed by atoms with Crippen LogP contribution in [0.3, 0.4) is 0 Å². The monoisotopic (exact) mass is 248 g/mol. The van der Waals surface area contributed by atoms with Crippen molar-refractivity contribution < 1.29 is 14.2 Å². The van der Waals surface area contributed by atoms with E-state index in [9.17, 15) is 9.50 Å². The SMILES string of the molecule is COc1ccc(F)cc1C(O)c1cnc(C)cn1. The number of hydrogen-bond donors (Lipinski definition) is 1. The first-order valence-electron chi connectivity index (χ1n) is 5.42. The minimum absolute atomic E-state index is 0.329. The summed E-state index contributed by atoms with van der Waals surface area (Å²) in [6, 6.07) is 3.97. The molecule has 1 aromatic heterocycles. The summed E-state index contributed by atoms with van der Waals surface area (Å²) in [6.07, 6.45) is 1.94. The molecule has 1 N–H and O–H groups in total. The van der Waals surface area contributed by atoms with Crippen molar-refractivity contribution in [3.05, 3.63) is 53.4 Å². The highest BCUT2D eigenvalue weighted by Crippen LogP contribution is 2.29. The fourth-order valence-corrected chi connectivity index (χ4v) is 1.62. The first kappa shape index (κ1) is 12.4. The minimum Gasteiger partial charge on any atom is -0.496 e. The van der Waals surface area contributed by atoms with E-state index in [4.69, 9.17) is 4.74 Å². The summed E-state index contributed by atoms with van der Waals surface area (Å²) in [4.78, 5) is 8.12. The summed E-state index contributed by atoms with van der Waals surface area (Å²) < 4.78 is 18.3. The van der Waals surface area contributed by atoms with Crippen LogP contribution >= 0.6 is 0 Å². The van der Waals surface area contributed by atoms with E-state index in [0.29, 0.717) is 17.0 Å². The lowest BCUT2D eigenvalue weighted by Crippen LogP contribution is -2.06. The maximum absolute atomic E-state index is 13.2. The van der Waals surface area contributed by atoms with Crippen molar-refractivity contribution in [3.8, 4) is 5.75 Å². The maximum atomic E-state index is 13.2. The van der Waals surface area contributed by atoms with E-state index in [-0.39, 0.29) is 0 Å². The smallest absolute Gasteiger partial charge is 0.126 e. The number of aliphatic hydroxyl groups excluding tert-OH is 1. The van der Waals surface area contributed by atoms with Crippen LogP contribution in [0.2, 0.25) is 0 Å². The minimum atomic E-state index is -1.07. The molecular formula is C13H13FN2O2. The Morgan fingerprint density at radius 3 is 2.67 bits per heavy atom. The van der Waals surface area contributed by atoms with Crippen LogP contribution in [0.15, 0.2) is 30.6 Å².